The summed E-state index contributed by atoms with van der Waals surface area (Å²) >= 11 is 5.83. The molecule has 0 aliphatic heterocycles. The fourth-order valence-corrected chi connectivity index (χ4v) is 3.29. The third-order valence-electron chi connectivity index (χ3n) is 4.30. The van der Waals surface area contributed by atoms with E-state index in [0.29, 0.717) is 16.9 Å². The molecule has 18 heavy (non-hydrogen) atoms. The fraction of sp³-hybridized carbons (Fsp3) is 0.400. The van der Waals surface area contributed by atoms with Crippen molar-refractivity contribution in [3.05, 3.63) is 41.4 Å². The van der Waals surface area contributed by atoms with E-state index in [9.17, 15) is 4.79 Å². The van der Waals surface area contributed by atoms with Crippen molar-refractivity contribution in [2.45, 2.75) is 19.8 Å². The van der Waals surface area contributed by atoms with Crippen LogP contribution in [-0.4, -0.2) is 5.91 Å². The molecule has 1 N–H and O–H groups in total. The Kier molecular flexibility index (Phi) is 2.70. The summed E-state index contributed by atoms with van der Waals surface area (Å²) in [6.45, 7) is 2.08. The van der Waals surface area contributed by atoms with Crippen molar-refractivity contribution in [3.8, 4) is 0 Å². The lowest BCUT2D eigenvalue weighted by molar-refractivity contribution is -0.126. The molecule has 0 radical (unpaired) electrons. The number of fused-ring (bicyclic) bond motifs is 2. The van der Waals surface area contributed by atoms with E-state index in [4.69, 9.17) is 11.6 Å². The van der Waals surface area contributed by atoms with Gasteiger partial charge in [0.25, 0.3) is 0 Å². The lowest BCUT2D eigenvalue weighted by Gasteiger charge is -2.29. The van der Waals surface area contributed by atoms with Crippen LogP contribution in [0.5, 0.6) is 0 Å². The normalized spacial score (nSPS) is 32.8. The van der Waals surface area contributed by atoms with Crippen molar-refractivity contribution in [2.24, 2.45) is 17.3 Å². The van der Waals surface area contributed by atoms with Crippen LogP contribution in [0, 0.1) is 17.3 Å². The van der Waals surface area contributed by atoms with E-state index < -0.39 is 0 Å². The zero-order valence-corrected chi connectivity index (χ0v) is 11.1. The second-order valence-electron chi connectivity index (χ2n) is 5.57. The average molecular weight is 262 g/mol. The van der Waals surface area contributed by atoms with E-state index in [2.05, 4.69) is 24.4 Å². The number of hydrogen-bond donors (Lipinski definition) is 1. The number of benzene rings is 1. The second-order valence-corrected chi connectivity index (χ2v) is 6.01. The maximum atomic E-state index is 12.4. The van der Waals surface area contributed by atoms with Gasteiger partial charge in [0.15, 0.2) is 0 Å². The minimum Gasteiger partial charge on any atom is -0.326 e. The number of amides is 1. The van der Waals surface area contributed by atoms with Crippen molar-refractivity contribution < 1.29 is 4.79 Å². The summed E-state index contributed by atoms with van der Waals surface area (Å²) in [5.41, 5.74) is 0.566. The Morgan fingerprint density at radius 2 is 2.06 bits per heavy atom. The molecule has 1 fully saturated rings. The summed E-state index contributed by atoms with van der Waals surface area (Å²) in [5.74, 6) is 1.12. The van der Waals surface area contributed by atoms with Gasteiger partial charge in [-0.25, -0.2) is 0 Å². The van der Waals surface area contributed by atoms with E-state index >= 15 is 0 Å². The van der Waals surface area contributed by atoms with E-state index in [1.807, 2.05) is 12.1 Å². The van der Waals surface area contributed by atoms with Crippen LogP contribution in [0.3, 0.4) is 0 Å². The first-order chi connectivity index (χ1) is 8.58. The zero-order valence-electron chi connectivity index (χ0n) is 10.3. The Morgan fingerprint density at radius 3 is 2.61 bits per heavy atom. The predicted molar refractivity (Wildman–Crippen MR) is 73.5 cm³/mol. The molecule has 2 nitrogen and oxygen atoms in total. The van der Waals surface area contributed by atoms with Crippen LogP contribution in [0.25, 0.3) is 0 Å². The lowest BCUT2D eigenvalue weighted by atomic mass is 9.77. The summed E-state index contributed by atoms with van der Waals surface area (Å²) in [7, 11) is 0. The van der Waals surface area contributed by atoms with Crippen LogP contribution in [0.15, 0.2) is 36.4 Å². The molecule has 3 rings (SSSR count). The molecule has 1 aromatic rings. The SMILES string of the molecule is C[C@@]1(C(=O)Nc2ccc(Cl)cc2)C[C@H]2C=C[C@@H]1C2. The van der Waals surface area contributed by atoms with Crippen molar-refractivity contribution in [1.29, 1.82) is 0 Å². The minimum atomic E-state index is -0.251. The molecule has 94 valence electrons. The van der Waals surface area contributed by atoms with Gasteiger partial charge in [0.1, 0.15) is 0 Å². The fourth-order valence-electron chi connectivity index (χ4n) is 3.16. The van der Waals surface area contributed by atoms with E-state index in [-0.39, 0.29) is 11.3 Å². The summed E-state index contributed by atoms with van der Waals surface area (Å²) in [6, 6.07) is 7.26. The Morgan fingerprint density at radius 1 is 1.33 bits per heavy atom. The standard InChI is InChI=1S/C15H16ClNO/c1-15(9-10-2-3-11(15)8-10)14(18)17-13-6-4-12(16)5-7-13/h2-7,10-11H,8-9H2,1H3,(H,17,18)/t10-,11+,15+/m0/s1. The highest BCUT2D eigenvalue weighted by atomic mass is 35.5. The molecule has 0 heterocycles. The molecular weight excluding hydrogens is 246 g/mol. The summed E-state index contributed by atoms with van der Waals surface area (Å²) in [6.07, 6.45) is 6.55. The van der Waals surface area contributed by atoms with Crippen LogP contribution in [0.2, 0.25) is 5.02 Å². The number of nitrogens with one attached hydrogen (secondary N) is 1. The van der Waals surface area contributed by atoms with Crippen LogP contribution in [0.1, 0.15) is 19.8 Å². The summed E-state index contributed by atoms with van der Waals surface area (Å²) in [4.78, 5) is 12.4. The number of allylic oxidation sites excluding steroid dienone is 2. The molecule has 2 aliphatic carbocycles. The van der Waals surface area contributed by atoms with Gasteiger partial charge in [-0.15, -0.1) is 0 Å². The third kappa shape index (κ3) is 1.85. The Balaban J connectivity index is 1.76. The number of halogens is 1. The minimum absolute atomic E-state index is 0.127. The van der Waals surface area contributed by atoms with Crippen molar-refractivity contribution in [3.63, 3.8) is 0 Å². The van der Waals surface area contributed by atoms with Gasteiger partial charge < -0.3 is 5.32 Å². The molecular formula is C15H16ClNO. The Hall–Kier alpha value is -1.28. The van der Waals surface area contributed by atoms with E-state index in [1.165, 1.54) is 0 Å². The van der Waals surface area contributed by atoms with Crippen LogP contribution < -0.4 is 5.32 Å². The number of rotatable bonds is 2. The second kappa shape index (κ2) is 4.13. The van der Waals surface area contributed by atoms with E-state index in [1.54, 1.807) is 12.1 Å². The average Bonchev–Trinajstić information content (AvgIpc) is 2.92. The van der Waals surface area contributed by atoms with Gasteiger partial charge in [0.2, 0.25) is 5.91 Å². The quantitative estimate of drug-likeness (QED) is 0.805. The molecule has 0 aromatic heterocycles. The highest BCUT2D eigenvalue weighted by molar-refractivity contribution is 6.30. The summed E-state index contributed by atoms with van der Waals surface area (Å²) in [5, 5.41) is 3.69. The Bertz CT molecular complexity index is 508. The monoisotopic (exact) mass is 261 g/mol. The molecule has 2 bridgehead atoms. The maximum absolute atomic E-state index is 12.4. The highest BCUT2D eigenvalue weighted by Crippen LogP contribution is 2.52. The zero-order chi connectivity index (χ0) is 12.8. The number of carbonyl (C=O) groups excluding carboxylic acids is 1. The molecule has 1 saturated carbocycles. The predicted octanol–water partition coefficient (Wildman–Crippen LogP) is 3.88. The molecule has 3 heteroatoms. The first-order valence-electron chi connectivity index (χ1n) is 6.33. The lowest BCUT2D eigenvalue weighted by Crippen LogP contribution is -2.36. The van der Waals surface area contributed by atoms with Crippen LogP contribution >= 0.6 is 11.6 Å². The smallest absolute Gasteiger partial charge is 0.230 e. The number of hydrogen-bond acceptors (Lipinski definition) is 1. The molecule has 1 amide bonds. The highest BCUT2D eigenvalue weighted by Gasteiger charge is 2.49. The first-order valence-corrected chi connectivity index (χ1v) is 6.71. The van der Waals surface area contributed by atoms with Gasteiger partial charge in [-0.3, -0.25) is 4.79 Å². The van der Waals surface area contributed by atoms with Crippen LogP contribution in [-0.2, 0) is 4.79 Å². The van der Waals surface area contributed by atoms with Gasteiger partial charge in [0, 0.05) is 10.7 Å². The molecule has 0 spiro atoms. The summed E-state index contributed by atoms with van der Waals surface area (Å²) < 4.78 is 0. The molecule has 0 unspecified atom stereocenters. The van der Waals surface area contributed by atoms with Gasteiger partial charge in [-0.05, 0) is 48.9 Å². The molecule has 3 atom stereocenters. The van der Waals surface area contributed by atoms with Crippen molar-refractivity contribution in [1.82, 2.24) is 0 Å². The number of carbonyl (C=O) groups is 1. The molecule has 1 aromatic carbocycles. The topological polar surface area (TPSA) is 29.1 Å². The van der Waals surface area contributed by atoms with Gasteiger partial charge in [0.05, 0.1) is 5.41 Å². The Labute approximate surface area is 112 Å². The largest absolute Gasteiger partial charge is 0.326 e. The molecule has 0 saturated heterocycles. The van der Waals surface area contributed by atoms with Gasteiger partial charge in [-0.1, -0.05) is 30.7 Å². The third-order valence-corrected chi connectivity index (χ3v) is 4.55. The van der Waals surface area contributed by atoms with Gasteiger partial charge in [-0.2, -0.15) is 0 Å². The van der Waals surface area contributed by atoms with Crippen molar-refractivity contribution >= 4 is 23.2 Å². The molecule has 2 aliphatic rings. The van der Waals surface area contributed by atoms with Crippen LogP contribution in [0.4, 0.5) is 5.69 Å². The number of anilines is 1. The van der Waals surface area contributed by atoms with Gasteiger partial charge >= 0.3 is 0 Å². The maximum Gasteiger partial charge on any atom is 0.230 e. The first kappa shape index (κ1) is 11.8. The van der Waals surface area contributed by atoms with E-state index in [0.717, 1.165) is 18.5 Å². The van der Waals surface area contributed by atoms with Crippen molar-refractivity contribution in [2.75, 3.05) is 5.32 Å².